The van der Waals surface area contributed by atoms with Gasteiger partial charge in [-0.05, 0) is 43.0 Å². The SMILES string of the molecule is CCC(C)[C@H](NC(=S)NCCc1ccccc1)C(=O)N1CCCC1C#N. The molecule has 1 fully saturated rings. The minimum absolute atomic E-state index is 0.0180. The van der Waals surface area contributed by atoms with Crippen molar-refractivity contribution in [3.05, 3.63) is 35.9 Å². The summed E-state index contributed by atoms with van der Waals surface area (Å²) in [6.07, 6.45) is 3.38. The highest BCUT2D eigenvalue weighted by molar-refractivity contribution is 7.80. The molecule has 1 saturated heterocycles. The molecule has 0 radical (unpaired) electrons. The van der Waals surface area contributed by atoms with Gasteiger partial charge in [0.25, 0.3) is 0 Å². The number of thiocarbonyl (C=S) groups is 1. The fourth-order valence-corrected chi connectivity index (χ4v) is 3.41. The van der Waals surface area contributed by atoms with E-state index in [4.69, 9.17) is 12.2 Å². The van der Waals surface area contributed by atoms with E-state index >= 15 is 0 Å². The molecule has 2 N–H and O–H groups in total. The van der Waals surface area contributed by atoms with Crippen LogP contribution in [-0.4, -0.2) is 41.1 Å². The molecule has 26 heavy (non-hydrogen) atoms. The van der Waals surface area contributed by atoms with Crippen LogP contribution in [-0.2, 0) is 11.2 Å². The molecule has 140 valence electrons. The van der Waals surface area contributed by atoms with Crippen LogP contribution in [0.1, 0.15) is 38.7 Å². The number of nitrogens with one attached hydrogen (secondary N) is 2. The van der Waals surface area contributed by atoms with Gasteiger partial charge in [0, 0.05) is 13.1 Å². The van der Waals surface area contributed by atoms with E-state index in [1.54, 1.807) is 4.90 Å². The van der Waals surface area contributed by atoms with Crippen molar-refractivity contribution in [1.82, 2.24) is 15.5 Å². The second-order valence-electron chi connectivity index (χ2n) is 6.82. The van der Waals surface area contributed by atoms with Crippen LogP contribution in [0.25, 0.3) is 0 Å². The molecule has 0 aliphatic carbocycles. The first-order valence-electron chi connectivity index (χ1n) is 9.35. The molecule has 2 rings (SSSR count). The molecule has 1 amide bonds. The van der Waals surface area contributed by atoms with Crippen molar-refractivity contribution in [2.75, 3.05) is 13.1 Å². The van der Waals surface area contributed by atoms with Crippen LogP contribution >= 0.6 is 12.2 Å². The van der Waals surface area contributed by atoms with Crippen molar-refractivity contribution in [2.45, 2.75) is 51.6 Å². The Labute approximate surface area is 161 Å². The van der Waals surface area contributed by atoms with Crippen LogP contribution in [0.2, 0.25) is 0 Å². The summed E-state index contributed by atoms with van der Waals surface area (Å²) in [5.41, 5.74) is 1.24. The maximum absolute atomic E-state index is 13.0. The maximum atomic E-state index is 13.0. The molecule has 0 saturated carbocycles. The number of nitriles is 1. The predicted molar refractivity (Wildman–Crippen MR) is 107 cm³/mol. The molecule has 5 nitrogen and oxygen atoms in total. The van der Waals surface area contributed by atoms with Crippen molar-refractivity contribution in [1.29, 1.82) is 5.26 Å². The second-order valence-corrected chi connectivity index (χ2v) is 7.23. The van der Waals surface area contributed by atoms with Gasteiger partial charge in [0.05, 0.1) is 6.07 Å². The Bertz CT molecular complexity index is 643. The van der Waals surface area contributed by atoms with Gasteiger partial charge in [0.2, 0.25) is 5.91 Å². The standard InChI is InChI=1S/C20H28N4OS/c1-3-15(2)18(19(25)24-13-7-10-17(24)14-21)23-20(26)22-12-11-16-8-5-4-6-9-16/h4-6,8-9,15,17-18H,3,7,10-13H2,1-2H3,(H2,22,23,26)/t15?,17?,18-/m0/s1. The van der Waals surface area contributed by atoms with Crippen molar-refractivity contribution in [3.63, 3.8) is 0 Å². The summed E-state index contributed by atoms with van der Waals surface area (Å²) in [6, 6.07) is 11.7. The van der Waals surface area contributed by atoms with Crippen LogP contribution in [0.15, 0.2) is 30.3 Å². The topological polar surface area (TPSA) is 68.2 Å². The summed E-state index contributed by atoms with van der Waals surface area (Å²) in [6.45, 7) is 5.46. The zero-order valence-electron chi connectivity index (χ0n) is 15.6. The second kappa shape index (κ2) is 10.1. The average Bonchev–Trinajstić information content (AvgIpc) is 3.14. The number of likely N-dealkylation sites (tertiary alicyclic amines) is 1. The molecule has 0 bridgehead atoms. The quantitative estimate of drug-likeness (QED) is 0.720. The Morgan fingerprint density at radius 1 is 1.42 bits per heavy atom. The molecular weight excluding hydrogens is 344 g/mol. The molecule has 0 aromatic heterocycles. The minimum Gasteiger partial charge on any atom is -0.362 e. The van der Waals surface area contributed by atoms with Crippen LogP contribution in [0, 0.1) is 17.2 Å². The van der Waals surface area contributed by atoms with Gasteiger partial charge in [0.1, 0.15) is 12.1 Å². The Morgan fingerprint density at radius 2 is 2.15 bits per heavy atom. The molecule has 1 aliphatic rings. The number of carbonyl (C=O) groups excluding carboxylic acids is 1. The van der Waals surface area contributed by atoms with Crippen molar-refractivity contribution in [3.8, 4) is 6.07 Å². The highest BCUT2D eigenvalue weighted by atomic mass is 32.1. The third kappa shape index (κ3) is 5.43. The van der Waals surface area contributed by atoms with Crippen molar-refractivity contribution >= 4 is 23.2 Å². The third-order valence-corrected chi connectivity index (χ3v) is 5.25. The van der Waals surface area contributed by atoms with Gasteiger partial charge in [-0.1, -0.05) is 50.6 Å². The van der Waals surface area contributed by atoms with E-state index in [0.717, 1.165) is 25.7 Å². The molecule has 1 aromatic carbocycles. The summed E-state index contributed by atoms with van der Waals surface area (Å²) in [5, 5.41) is 16.2. The maximum Gasteiger partial charge on any atom is 0.246 e. The monoisotopic (exact) mass is 372 g/mol. The predicted octanol–water partition coefficient (Wildman–Crippen LogP) is 2.62. The smallest absolute Gasteiger partial charge is 0.246 e. The summed E-state index contributed by atoms with van der Waals surface area (Å²) in [5.74, 6) is 0.118. The van der Waals surface area contributed by atoms with Crippen LogP contribution in [0.4, 0.5) is 0 Å². The van der Waals surface area contributed by atoms with Gasteiger partial charge in [-0.25, -0.2) is 0 Å². The van der Waals surface area contributed by atoms with E-state index in [1.165, 1.54) is 5.56 Å². The first-order chi connectivity index (χ1) is 12.6. The first-order valence-corrected chi connectivity index (χ1v) is 9.76. The van der Waals surface area contributed by atoms with Crippen molar-refractivity contribution in [2.24, 2.45) is 5.92 Å². The Morgan fingerprint density at radius 3 is 2.81 bits per heavy atom. The van der Waals surface area contributed by atoms with Gasteiger partial charge >= 0.3 is 0 Å². The highest BCUT2D eigenvalue weighted by Gasteiger charge is 2.35. The Hall–Kier alpha value is -2.13. The third-order valence-electron chi connectivity index (χ3n) is 4.99. The van der Waals surface area contributed by atoms with Crippen LogP contribution in [0.5, 0.6) is 0 Å². The largest absolute Gasteiger partial charge is 0.362 e. The number of nitrogens with zero attached hydrogens (tertiary/aromatic N) is 2. The molecule has 1 aliphatic heterocycles. The number of amides is 1. The first kappa shape index (κ1) is 20.2. The highest BCUT2D eigenvalue weighted by Crippen LogP contribution is 2.20. The van der Waals surface area contributed by atoms with Crippen LogP contribution in [0.3, 0.4) is 0 Å². The Kier molecular flexibility index (Phi) is 7.86. The number of rotatable bonds is 7. The molecule has 0 spiro atoms. The molecule has 1 heterocycles. The lowest BCUT2D eigenvalue weighted by atomic mass is 9.97. The van der Waals surface area contributed by atoms with E-state index in [-0.39, 0.29) is 17.9 Å². The van der Waals surface area contributed by atoms with Crippen LogP contribution < -0.4 is 10.6 Å². The summed E-state index contributed by atoms with van der Waals surface area (Å²) in [7, 11) is 0. The van der Waals surface area contributed by atoms with Gasteiger partial charge in [-0.3, -0.25) is 4.79 Å². The fourth-order valence-electron chi connectivity index (χ4n) is 3.18. The molecule has 1 aromatic rings. The lowest BCUT2D eigenvalue weighted by molar-refractivity contribution is -0.134. The number of carbonyl (C=O) groups is 1. The lowest BCUT2D eigenvalue weighted by Crippen LogP contribution is -2.54. The number of hydrogen-bond donors (Lipinski definition) is 2. The van der Waals surface area contributed by atoms with E-state index in [1.807, 2.05) is 25.1 Å². The van der Waals surface area contributed by atoms with Gasteiger partial charge in [-0.15, -0.1) is 0 Å². The van der Waals surface area contributed by atoms with E-state index in [0.29, 0.717) is 18.2 Å². The number of hydrogen-bond acceptors (Lipinski definition) is 3. The average molecular weight is 373 g/mol. The van der Waals surface area contributed by atoms with E-state index < -0.39 is 6.04 Å². The van der Waals surface area contributed by atoms with Gasteiger partial charge < -0.3 is 15.5 Å². The fraction of sp³-hybridized carbons (Fsp3) is 0.550. The van der Waals surface area contributed by atoms with E-state index in [9.17, 15) is 10.1 Å². The lowest BCUT2D eigenvalue weighted by Gasteiger charge is -2.30. The molecule has 2 unspecified atom stereocenters. The zero-order valence-corrected chi connectivity index (χ0v) is 16.4. The van der Waals surface area contributed by atoms with Gasteiger partial charge in [0.15, 0.2) is 5.11 Å². The van der Waals surface area contributed by atoms with E-state index in [2.05, 4.69) is 35.8 Å². The van der Waals surface area contributed by atoms with Crippen molar-refractivity contribution < 1.29 is 4.79 Å². The zero-order chi connectivity index (χ0) is 18.9. The van der Waals surface area contributed by atoms with Gasteiger partial charge in [-0.2, -0.15) is 5.26 Å². The normalized spacial score (nSPS) is 18.7. The Balaban J connectivity index is 1.91. The summed E-state index contributed by atoms with van der Waals surface area (Å²) in [4.78, 5) is 14.7. The molecule has 6 heteroatoms. The summed E-state index contributed by atoms with van der Waals surface area (Å²) < 4.78 is 0. The number of benzene rings is 1. The molecular formula is C20H28N4OS. The molecule has 3 atom stereocenters. The summed E-state index contributed by atoms with van der Waals surface area (Å²) >= 11 is 5.41. The minimum atomic E-state index is -0.398.